The summed E-state index contributed by atoms with van der Waals surface area (Å²) in [6, 6.07) is 12.2. The first-order valence-electron chi connectivity index (χ1n) is 9.30. The number of benzene rings is 2. The van der Waals surface area contributed by atoms with Crippen LogP contribution in [0.25, 0.3) is 0 Å². The van der Waals surface area contributed by atoms with Crippen molar-refractivity contribution in [1.82, 2.24) is 9.79 Å². The van der Waals surface area contributed by atoms with E-state index in [0.717, 1.165) is 16.7 Å². The molecule has 0 atom stereocenters. The number of fused-ring (bicyclic) bond motifs is 1. The fraction of sp³-hybridized carbons (Fsp3) is 0.381. The summed E-state index contributed by atoms with van der Waals surface area (Å²) in [5, 5.41) is 8.81. The molecule has 1 heterocycles. The van der Waals surface area contributed by atoms with Crippen LogP contribution in [-0.2, 0) is 28.4 Å². The standard InChI is InChI=1S/C21H26N2O4S/c1-21(2,3)18-8-10-19(11-9-18)28(26,27)23-12-4-5-15-13-16(20(24)22-25)6-7-17(15)14-23/h6-11,13,25H,4-5,12,14H2,1-3H3,(H,22,24). The predicted molar refractivity (Wildman–Crippen MR) is 107 cm³/mol. The summed E-state index contributed by atoms with van der Waals surface area (Å²) >= 11 is 0. The average Bonchev–Trinajstić information content (AvgIpc) is 2.89. The van der Waals surface area contributed by atoms with Gasteiger partial charge in [0.2, 0.25) is 10.0 Å². The molecule has 0 saturated carbocycles. The van der Waals surface area contributed by atoms with E-state index in [4.69, 9.17) is 5.21 Å². The Morgan fingerprint density at radius 3 is 2.36 bits per heavy atom. The van der Waals surface area contributed by atoms with E-state index in [9.17, 15) is 13.2 Å². The van der Waals surface area contributed by atoms with E-state index in [2.05, 4.69) is 20.8 Å². The van der Waals surface area contributed by atoms with Gasteiger partial charge in [-0.2, -0.15) is 4.31 Å². The first kappa shape index (κ1) is 20.5. The fourth-order valence-electron chi connectivity index (χ4n) is 3.41. The maximum Gasteiger partial charge on any atom is 0.274 e. The van der Waals surface area contributed by atoms with Crippen LogP contribution in [0.1, 0.15) is 54.2 Å². The summed E-state index contributed by atoms with van der Waals surface area (Å²) in [6.45, 7) is 6.95. The van der Waals surface area contributed by atoms with Crippen LogP contribution >= 0.6 is 0 Å². The lowest BCUT2D eigenvalue weighted by atomic mass is 9.87. The molecule has 0 spiro atoms. The van der Waals surface area contributed by atoms with Gasteiger partial charge < -0.3 is 0 Å². The Morgan fingerprint density at radius 2 is 1.75 bits per heavy atom. The Hall–Kier alpha value is -2.22. The molecule has 7 heteroatoms. The Labute approximate surface area is 166 Å². The summed E-state index contributed by atoms with van der Waals surface area (Å²) in [5.41, 5.74) is 4.84. The number of carbonyl (C=O) groups is 1. The van der Waals surface area contributed by atoms with Crippen molar-refractivity contribution in [1.29, 1.82) is 0 Å². The molecule has 0 fully saturated rings. The number of nitrogens with one attached hydrogen (secondary N) is 1. The quantitative estimate of drug-likeness (QED) is 0.610. The van der Waals surface area contributed by atoms with Crippen molar-refractivity contribution in [3.8, 4) is 0 Å². The van der Waals surface area contributed by atoms with E-state index in [1.165, 1.54) is 4.31 Å². The molecule has 1 aliphatic rings. The van der Waals surface area contributed by atoms with Crippen molar-refractivity contribution in [3.05, 3.63) is 64.7 Å². The minimum atomic E-state index is -3.61. The summed E-state index contributed by atoms with van der Waals surface area (Å²) in [5.74, 6) is -0.574. The molecule has 0 unspecified atom stereocenters. The minimum Gasteiger partial charge on any atom is -0.288 e. The molecule has 0 aromatic heterocycles. The van der Waals surface area contributed by atoms with Crippen molar-refractivity contribution in [2.75, 3.05) is 6.54 Å². The van der Waals surface area contributed by atoms with Crippen LogP contribution in [0.5, 0.6) is 0 Å². The van der Waals surface area contributed by atoms with Crippen LogP contribution in [-0.4, -0.2) is 30.4 Å². The number of hydrogen-bond donors (Lipinski definition) is 2. The van der Waals surface area contributed by atoms with Gasteiger partial charge in [0.05, 0.1) is 4.90 Å². The number of amides is 1. The second kappa shape index (κ2) is 7.66. The zero-order valence-electron chi connectivity index (χ0n) is 16.4. The van der Waals surface area contributed by atoms with Crippen LogP contribution in [0.4, 0.5) is 0 Å². The SMILES string of the molecule is CC(C)(C)c1ccc(S(=O)(=O)N2CCCc3cc(C(=O)NO)ccc3C2)cc1. The molecule has 0 saturated heterocycles. The summed E-state index contributed by atoms with van der Waals surface area (Å²) in [7, 11) is -3.61. The Kier molecular flexibility index (Phi) is 5.61. The molecule has 2 aromatic carbocycles. The first-order chi connectivity index (χ1) is 13.1. The van der Waals surface area contributed by atoms with Crippen LogP contribution < -0.4 is 5.48 Å². The number of sulfonamides is 1. The smallest absolute Gasteiger partial charge is 0.274 e. The molecule has 3 rings (SSSR count). The largest absolute Gasteiger partial charge is 0.288 e. The molecule has 28 heavy (non-hydrogen) atoms. The number of carbonyl (C=O) groups excluding carboxylic acids is 1. The van der Waals surface area contributed by atoms with E-state index in [0.29, 0.717) is 29.8 Å². The fourth-order valence-corrected chi connectivity index (χ4v) is 4.87. The highest BCUT2D eigenvalue weighted by Gasteiger charge is 2.28. The van der Waals surface area contributed by atoms with Crippen LogP contribution in [0.2, 0.25) is 0 Å². The van der Waals surface area contributed by atoms with Crippen LogP contribution in [0, 0.1) is 0 Å². The summed E-state index contributed by atoms with van der Waals surface area (Å²) in [6.07, 6.45) is 1.34. The third-order valence-electron chi connectivity index (χ3n) is 5.13. The van der Waals surface area contributed by atoms with Crippen molar-refractivity contribution in [2.24, 2.45) is 0 Å². The number of nitrogens with zero attached hydrogens (tertiary/aromatic N) is 1. The zero-order valence-corrected chi connectivity index (χ0v) is 17.2. The number of hydroxylamine groups is 1. The molecule has 1 amide bonds. The van der Waals surface area contributed by atoms with Gasteiger partial charge in [0.15, 0.2) is 0 Å². The van der Waals surface area contributed by atoms with E-state index < -0.39 is 15.9 Å². The summed E-state index contributed by atoms with van der Waals surface area (Å²) < 4.78 is 27.8. The van der Waals surface area contributed by atoms with Gasteiger partial charge in [-0.3, -0.25) is 10.0 Å². The second-order valence-electron chi connectivity index (χ2n) is 8.14. The highest BCUT2D eigenvalue weighted by molar-refractivity contribution is 7.89. The molecule has 6 nitrogen and oxygen atoms in total. The van der Waals surface area contributed by atoms with Gasteiger partial charge in [-0.25, -0.2) is 13.9 Å². The molecule has 1 aliphatic heterocycles. The molecule has 0 aliphatic carbocycles. The Balaban J connectivity index is 1.88. The van der Waals surface area contributed by atoms with E-state index in [-0.39, 0.29) is 12.0 Å². The molecule has 2 N–H and O–H groups in total. The van der Waals surface area contributed by atoms with Gasteiger partial charge in [-0.1, -0.05) is 39.0 Å². The monoisotopic (exact) mass is 402 g/mol. The van der Waals surface area contributed by atoms with Gasteiger partial charge in [-0.15, -0.1) is 0 Å². The second-order valence-corrected chi connectivity index (χ2v) is 10.1. The first-order valence-corrected chi connectivity index (χ1v) is 10.7. The predicted octanol–water partition coefficient (Wildman–Crippen LogP) is 3.24. The molecule has 150 valence electrons. The number of rotatable bonds is 3. The van der Waals surface area contributed by atoms with E-state index in [1.807, 2.05) is 12.1 Å². The zero-order chi connectivity index (χ0) is 20.5. The van der Waals surface area contributed by atoms with Crippen LogP contribution in [0.3, 0.4) is 0 Å². The third kappa shape index (κ3) is 4.11. The highest BCUT2D eigenvalue weighted by Crippen LogP contribution is 2.27. The maximum absolute atomic E-state index is 13.2. The van der Waals surface area contributed by atoms with E-state index >= 15 is 0 Å². The highest BCUT2D eigenvalue weighted by atomic mass is 32.2. The van der Waals surface area contributed by atoms with Gasteiger partial charge in [0, 0.05) is 18.7 Å². The number of aryl methyl sites for hydroxylation is 1. The molecular formula is C21H26N2O4S. The Bertz CT molecular complexity index is 976. The van der Waals surface area contributed by atoms with Crippen molar-refractivity contribution in [3.63, 3.8) is 0 Å². The Morgan fingerprint density at radius 1 is 1.07 bits per heavy atom. The van der Waals surface area contributed by atoms with Gasteiger partial charge in [-0.05, 0) is 59.2 Å². The molecular weight excluding hydrogens is 376 g/mol. The molecule has 0 radical (unpaired) electrons. The van der Waals surface area contributed by atoms with Crippen LogP contribution in [0.15, 0.2) is 47.4 Å². The minimum absolute atomic E-state index is 0.0393. The third-order valence-corrected chi connectivity index (χ3v) is 6.99. The maximum atomic E-state index is 13.2. The van der Waals surface area contributed by atoms with Gasteiger partial charge in [0.1, 0.15) is 0 Å². The van der Waals surface area contributed by atoms with Crippen molar-refractivity contribution >= 4 is 15.9 Å². The van der Waals surface area contributed by atoms with Gasteiger partial charge >= 0.3 is 0 Å². The lowest BCUT2D eigenvalue weighted by Gasteiger charge is -2.22. The van der Waals surface area contributed by atoms with Crippen molar-refractivity contribution in [2.45, 2.75) is 50.5 Å². The lowest BCUT2D eigenvalue weighted by molar-refractivity contribution is 0.0706. The summed E-state index contributed by atoms with van der Waals surface area (Å²) in [4.78, 5) is 11.9. The average molecular weight is 403 g/mol. The lowest BCUT2D eigenvalue weighted by Crippen LogP contribution is -2.31. The topological polar surface area (TPSA) is 86.7 Å². The van der Waals surface area contributed by atoms with Crippen molar-refractivity contribution < 1.29 is 18.4 Å². The number of hydrogen-bond acceptors (Lipinski definition) is 4. The van der Waals surface area contributed by atoms with E-state index in [1.54, 1.807) is 35.8 Å². The molecule has 2 aromatic rings. The van der Waals surface area contributed by atoms with Gasteiger partial charge in [0.25, 0.3) is 5.91 Å². The molecule has 0 bridgehead atoms. The normalized spacial score (nSPS) is 15.6.